The lowest BCUT2D eigenvalue weighted by Gasteiger charge is -2.12. The van der Waals surface area contributed by atoms with Gasteiger partial charge in [0.05, 0.1) is 16.3 Å². The number of aromatic nitrogens is 2. The number of hydrogen-bond donors (Lipinski definition) is 1. The van der Waals surface area contributed by atoms with Gasteiger partial charge in [-0.15, -0.1) is 11.3 Å². The Hall–Kier alpha value is -2.49. The number of nitrogens with zero attached hydrogens (tertiary/aromatic N) is 3. The number of carbonyl (C=O) groups is 1. The van der Waals surface area contributed by atoms with Crippen LogP contribution in [0.1, 0.15) is 34.8 Å². The average molecular weight is 445 g/mol. The summed E-state index contributed by atoms with van der Waals surface area (Å²) in [4.78, 5) is 13.8. The molecule has 1 aliphatic rings. The number of carbonyl (C=O) groups excluding carboxylic acids is 1. The fourth-order valence-corrected chi connectivity index (χ4v) is 4.81. The molecule has 2 aromatic heterocycles. The van der Waals surface area contributed by atoms with Gasteiger partial charge in [0.1, 0.15) is 5.69 Å². The highest BCUT2D eigenvalue weighted by molar-refractivity contribution is 7.89. The zero-order chi connectivity index (χ0) is 21.3. The molecule has 0 unspecified atom stereocenters. The third-order valence-electron chi connectivity index (χ3n) is 5.08. The maximum Gasteiger partial charge on any atom is 0.251 e. The van der Waals surface area contributed by atoms with Crippen LogP contribution in [0.25, 0.3) is 10.6 Å². The molecule has 4 rings (SSSR count). The molecule has 1 aromatic carbocycles. The molecule has 9 heteroatoms. The van der Waals surface area contributed by atoms with Crippen molar-refractivity contribution < 1.29 is 13.2 Å². The smallest absolute Gasteiger partial charge is 0.251 e. The molecule has 0 radical (unpaired) electrons. The fraction of sp³-hybridized carbons (Fsp3) is 0.333. The minimum absolute atomic E-state index is 0.163. The van der Waals surface area contributed by atoms with Crippen LogP contribution in [-0.4, -0.2) is 49.1 Å². The SMILES string of the molecule is CN(C)S(=O)(=O)c1ccc(C(=O)NCCn2nc(-c3cccs3)cc2C2CC2)cc1. The standard InChI is InChI=1S/C21H24N4O3S2/c1-24(2)30(27,28)17-9-7-16(8-10-17)21(26)22-11-12-25-19(15-5-6-15)14-18(23-25)20-4-3-13-29-20/h3-4,7-10,13-15H,5-6,11-12H2,1-2H3,(H,22,26). The first-order valence-electron chi connectivity index (χ1n) is 9.78. The zero-order valence-corrected chi connectivity index (χ0v) is 18.5. The molecule has 7 nitrogen and oxygen atoms in total. The van der Waals surface area contributed by atoms with Crippen LogP contribution in [0.2, 0.25) is 0 Å². The van der Waals surface area contributed by atoms with E-state index in [-0.39, 0.29) is 10.8 Å². The summed E-state index contributed by atoms with van der Waals surface area (Å²) < 4.78 is 27.4. The van der Waals surface area contributed by atoms with Crippen molar-refractivity contribution in [3.05, 3.63) is 59.1 Å². The second kappa shape index (κ2) is 8.33. The first-order valence-corrected chi connectivity index (χ1v) is 12.1. The van der Waals surface area contributed by atoms with Crippen LogP contribution < -0.4 is 5.32 Å². The number of amides is 1. The molecule has 0 spiro atoms. The van der Waals surface area contributed by atoms with Gasteiger partial charge >= 0.3 is 0 Å². The van der Waals surface area contributed by atoms with E-state index in [1.165, 1.54) is 56.9 Å². The molecule has 1 amide bonds. The predicted octanol–water partition coefficient (Wildman–Crippen LogP) is 3.17. The highest BCUT2D eigenvalue weighted by atomic mass is 32.2. The van der Waals surface area contributed by atoms with Gasteiger partial charge in [-0.1, -0.05) is 6.07 Å². The van der Waals surface area contributed by atoms with Crippen LogP contribution in [0.3, 0.4) is 0 Å². The maximum absolute atomic E-state index is 12.5. The number of benzene rings is 1. The molecule has 0 atom stereocenters. The summed E-state index contributed by atoms with van der Waals surface area (Å²) in [7, 11) is -0.551. The van der Waals surface area contributed by atoms with Crippen molar-refractivity contribution >= 4 is 27.3 Å². The second-order valence-electron chi connectivity index (χ2n) is 7.50. The van der Waals surface area contributed by atoms with Crippen molar-refractivity contribution in [2.75, 3.05) is 20.6 Å². The monoisotopic (exact) mass is 444 g/mol. The largest absolute Gasteiger partial charge is 0.350 e. The van der Waals surface area contributed by atoms with E-state index in [9.17, 15) is 13.2 Å². The first kappa shape index (κ1) is 20.8. The van der Waals surface area contributed by atoms with E-state index >= 15 is 0 Å². The van der Waals surface area contributed by atoms with Crippen molar-refractivity contribution in [1.29, 1.82) is 0 Å². The van der Waals surface area contributed by atoms with Crippen LogP contribution >= 0.6 is 11.3 Å². The minimum atomic E-state index is -3.50. The number of sulfonamides is 1. The van der Waals surface area contributed by atoms with Gasteiger partial charge in [0, 0.05) is 37.8 Å². The Labute approximate surface area is 180 Å². The summed E-state index contributed by atoms with van der Waals surface area (Å²) in [5, 5.41) is 9.69. The highest BCUT2D eigenvalue weighted by Crippen LogP contribution is 2.41. The van der Waals surface area contributed by atoms with Gasteiger partial charge < -0.3 is 5.32 Å². The third-order valence-corrected chi connectivity index (χ3v) is 7.81. The predicted molar refractivity (Wildman–Crippen MR) is 117 cm³/mol. The summed E-state index contributed by atoms with van der Waals surface area (Å²) >= 11 is 1.67. The van der Waals surface area contributed by atoms with Crippen molar-refractivity contribution in [2.24, 2.45) is 0 Å². The molecule has 3 aromatic rings. The minimum Gasteiger partial charge on any atom is -0.350 e. The van der Waals surface area contributed by atoms with E-state index in [4.69, 9.17) is 5.10 Å². The van der Waals surface area contributed by atoms with Crippen LogP contribution in [0.5, 0.6) is 0 Å². The molecule has 30 heavy (non-hydrogen) atoms. The van der Waals surface area contributed by atoms with Crippen molar-refractivity contribution in [1.82, 2.24) is 19.4 Å². The second-order valence-corrected chi connectivity index (χ2v) is 10.6. The van der Waals surface area contributed by atoms with Crippen molar-refractivity contribution in [3.8, 4) is 10.6 Å². The summed E-state index contributed by atoms with van der Waals surface area (Å²) in [6.45, 7) is 1.04. The molecule has 0 aliphatic heterocycles. The van der Waals surface area contributed by atoms with Crippen LogP contribution in [0.4, 0.5) is 0 Å². The molecule has 2 heterocycles. The number of rotatable bonds is 8. The summed E-state index contributed by atoms with van der Waals surface area (Å²) in [5.74, 6) is 0.329. The normalized spacial score (nSPS) is 14.2. The average Bonchev–Trinajstić information content (AvgIpc) is 3.25. The molecular weight excluding hydrogens is 420 g/mol. The Kier molecular flexibility index (Phi) is 5.77. The molecule has 1 fully saturated rings. The van der Waals surface area contributed by atoms with Gasteiger partial charge in [0.2, 0.25) is 10.0 Å². The fourth-order valence-electron chi connectivity index (χ4n) is 3.23. The molecule has 1 aliphatic carbocycles. The van der Waals surface area contributed by atoms with Gasteiger partial charge in [-0.05, 0) is 54.6 Å². The Morgan fingerprint density at radius 2 is 1.97 bits per heavy atom. The lowest BCUT2D eigenvalue weighted by molar-refractivity contribution is 0.0951. The molecule has 0 saturated heterocycles. The van der Waals surface area contributed by atoms with Gasteiger partial charge in [-0.3, -0.25) is 9.48 Å². The molecule has 1 saturated carbocycles. The summed E-state index contributed by atoms with van der Waals surface area (Å²) in [6.07, 6.45) is 2.37. The first-order chi connectivity index (χ1) is 14.4. The Balaban J connectivity index is 1.39. The summed E-state index contributed by atoms with van der Waals surface area (Å²) in [6, 6.07) is 12.2. The third kappa shape index (κ3) is 4.33. The number of thiophene rings is 1. The van der Waals surface area contributed by atoms with Crippen LogP contribution in [0.15, 0.2) is 52.7 Å². The molecule has 158 valence electrons. The molecule has 0 bridgehead atoms. The molecule has 1 N–H and O–H groups in total. The van der Waals surface area contributed by atoms with Crippen molar-refractivity contribution in [2.45, 2.75) is 30.2 Å². The summed E-state index contributed by atoms with van der Waals surface area (Å²) in [5.41, 5.74) is 2.64. The number of nitrogens with one attached hydrogen (secondary N) is 1. The van der Waals surface area contributed by atoms with Gasteiger partial charge in [-0.25, -0.2) is 12.7 Å². The lowest BCUT2D eigenvalue weighted by atomic mass is 10.2. The maximum atomic E-state index is 12.5. The topological polar surface area (TPSA) is 84.3 Å². The van der Waals surface area contributed by atoms with Gasteiger partial charge in [-0.2, -0.15) is 5.10 Å². The Bertz CT molecular complexity index is 1130. The van der Waals surface area contributed by atoms with E-state index in [0.29, 0.717) is 24.6 Å². The van der Waals surface area contributed by atoms with Crippen molar-refractivity contribution in [3.63, 3.8) is 0 Å². The van der Waals surface area contributed by atoms with Crippen LogP contribution in [0, 0.1) is 0 Å². The Morgan fingerprint density at radius 3 is 2.57 bits per heavy atom. The van der Waals surface area contributed by atoms with E-state index in [2.05, 4.69) is 17.4 Å². The zero-order valence-electron chi connectivity index (χ0n) is 16.9. The lowest BCUT2D eigenvalue weighted by Crippen LogP contribution is -2.28. The van der Waals surface area contributed by atoms with E-state index in [1.807, 2.05) is 16.1 Å². The van der Waals surface area contributed by atoms with E-state index in [0.717, 1.165) is 14.9 Å². The quantitative estimate of drug-likeness (QED) is 0.578. The molecular formula is C21H24N4O3S2. The van der Waals surface area contributed by atoms with Gasteiger partial charge in [0.15, 0.2) is 0 Å². The van der Waals surface area contributed by atoms with Crippen LogP contribution in [-0.2, 0) is 16.6 Å². The van der Waals surface area contributed by atoms with E-state index in [1.54, 1.807) is 11.3 Å². The van der Waals surface area contributed by atoms with E-state index < -0.39 is 10.0 Å². The number of hydrogen-bond acceptors (Lipinski definition) is 5. The Morgan fingerprint density at radius 1 is 1.23 bits per heavy atom. The highest BCUT2D eigenvalue weighted by Gasteiger charge is 2.28. The van der Waals surface area contributed by atoms with Gasteiger partial charge in [0.25, 0.3) is 5.91 Å².